The highest BCUT2D eigenvalue weighted by Crippen LogP contribution is 2.14. The zero-order valence-corrected chi connectivity index (χ0v) is 17.1. The number of nitrogens with one attached hydrogen (secondary N) is 2. The second-order valence-electron chi connectivity index (χ2n) is 5.53. The lowest BCUT2D eigenvalue weighted by molar-refractivity contribution is 0.486. The molecule has 2 N–H and O–H groups in total. The van der Waals surface area contributed by atoms with Gasteiger partial charge in [-0.05, 0) is 35.4 Å². The molecule has 0 radical (unpaired) electrons. The Morgan fingerprint density at radius 2 is 2.08 bits per heavy atom. The highest BCUT2D eigenvalue weighted by Gasteiger charge is 2.07. The van der Waals surface area contributed by atoms with Crippen LogP contribution in [0.5, 0.6) is 0 Å². The molecular formula is C18H23IN4S. The Bertz CT molecular complexity index is 746. The van der Waals surface area contributed by atoms with Gasteiger partial charge in [0.1, 0.15) is 0 Å². The van der Waals surface area contributed by atoms with Crippen LogP contribution in [0.4, 0.5) is 0 Å². The summed E-state index contributed by atoms with van der Waals surface area (Å²) >= 11 is 1.80. The number of likely N-dealkylation sites (N-methyl/N-ethyl adjacent to an activating group) is 1. The molecule has 4 nitrogen and oxygen atoms in total. The van der Waals surface area contributed by atoms with Crippen molar-refractivity contribution in [2.45, 2.75) is 13.0 Å². The number of para-hydroxylation sites is 1. The van der Waals surface area contributed by atoms with Gasteiger partial charge in [0.25, 0.3) is 0 Å². The summed E-state index contributed by atoms with van der Waals surface area (Å²) in [6, 6.07) is 14.8. The highest BCUT2D eigenvalue weighted by atomic mass is 127. The minimum atomic E-state index is 0. The van der Waals surface area contributed by atoms with Crippen LogP contribution < -0.4 is 5.32 Å². The van der Waals surface area contributed by atoms with Gasteiger partial charge in [0.15, 0.2) is 5.96 Å². The summed E-state index contributed by atoms with van der Waals surface area (Å²) in [6.45, 7) is 1.69. The minimum Gasteiger partial charge on any atom is -0.357 e. The molecule has 0 atom stereocenters. The maximum Gasteiger partial charge on any atom is 0.193 e. The molecule has 0 fully saturated rings. The largest absolute Gasteiger partial charge is 0.357 e. The van der Waals surface area contributed by atoms with E-state index in [1.807, 2.05) is 13.1 Å². The minimum absolute atomic E-state index is 0. The molecule has 0 aliphatic rings. The summed E-state index contributed by atoms with van der Waals surface area (Å²) in [4.78, 5) is 11.4. The number of fused-ring (bicyclic) bond motifs is 1. The van der Waals surface area contributed by atoms with E-state index in [1.165, 1.54) is 21.5 Å². The third-order valence-electron chi connectivity index (χ3n) is 3.87. The maximum absolute atomic E-state index is 4.38. The summed E-state index contributed by atoms with van der Waals surface area (Å²) < 4.78 is 0. The third-order valence-corrected chi connectivity index (χ3v) is 4.81. The molecule has 1 aromatic carbocycles. The van der Waals surface area contributed by atoms with Gasteiger partial charge in [0.2, 0.25) is 0 Å². The zero-order valence-electron chi connectivity index (χ0n) is 14.0. The van der Waals surface area contributed by atoms with Crippen molar-refractivity contribution >= 4 is 52.2 Å². The average Bonchev–Trinajstić information content (AvgIpc) is 3.22. The fourth-order valence-corrected chi connectivity index (χ4v) is 3.32. The van der Waals surface area contributed by atoms with Crippen molar-refractivity contribution in [1.29, 1.82) is 0 Å². The van der Waals surface area contributed by atoms with Crippen LogP contribution in [0.1, 0.15) is 10.6 Å². The molecule has 0 saturated carbocycles. The van der Waals surface area contributed by atoms with E-state index in [4.69, 9.17) is 0 Å². The van der Waals surface area contributed by atoms with Crippen molar-refractivity contribution in [3.05, 3.63) is 58.4 Å². The van der Waals surface area contributed by atoms with Crippen LogP contribution in [0, 0.1) is 0 Å². The van der Waals surface area contributed by atoms with Crippen LogP contribution in [-0.2, 0) is 13.0 Å². The Kier molecular flexibility index (Phi) is 7.11. The number of hydrogen-bond acceptors (Lipinski definition) is 2. The fourth-order valence-electron chi connectivity index (χ4n) is 2.63. The van der Waals surface area contributed by atoms with Crippen LogP contribution in [0.3, 0.4) is 0 Å². The second-order valence-corrected chi connectivity index (χ2v) is 6.57. The second kappa shape index (κ2) is 9.08. The zero-order chi connectivity index (χ0) is 16.1. The first-order valence-electron chi connectivity index (χ1n) is 7.77. The number of benzene rings is 1. The van der Waals surface area contributed by atoms with E-state index in [2.05, 4.69) is 69.0 Å². The number of hydrogen-bond donors (Lipinski definition) is 2. The number of aromatic nitrogens is 1. The lowest BCUT2D eigenvalue weighted by Crippen LogP contribution is -2.39. The number of H-pyrrole nitrogens is 1. The Morgan fingerprint density at radius 1 is 1.25 bits per heavy atom. The van der Waals surface area contributed by atoms with Crippen molar-refractivity contribution in [2.24, 2.45) is 4.99 Å². The van der Waals surface area contributed by atoms with Gasteiger partial charge >= 0.3 is 0 Å². The lowest BCUT2D eigenvalue weighted by atomic mass is 10.2. The van der Waals surface area contributed by atoms with Crippen LogP contribution in [0.15, 0.2) is 52.8 Å². The van der Waals surface area contributed by atoms with Crippen LogP contribution in [0.25, 0.3) is 10.9 Å². The molecule has 3 rings (SSSR count). The van der Waals surface area contributed by atoms with Gasteiger partial charge in [-0.15, -0.1) is 35.3 Å². The van der Waals surface area contributed by atoms with Gasteiger partial charge in [-0.2, -0.15) is 0 Å². The van der Waals surface area contributed by atoms with Gasteiger partial charge in [0, 0.05) is 36.7 Å². The molecule has 6 heteroatoms. The molecule has 0 amide bonds. The number of guanidine groups is 1. The van der Waals surface area contributed by atoms with Gasteiger partial charge in [-0.1, -0.05) is 24.3 Å². The number of rotatable bonds is 5. The average molecular weight is 454 g/mol. The lowest BCUT2D eigenvalue weighted by Gasteiger charge is -2.21. The molecule has 128 valence electrons. The Balaban J connectivity index is 0.00000208. The molecule has 0 bridgehead atoms. The van der Waals surface area contributed by atoms with Gasteiger partial charge in [0.05, 0.1) is 6.54 Å². The van der Waals surface area contributed by atoms with E-state index in [-0.39, 0.29) is 24.0 Å². The first-order chi connectivity index (χ1) is 11.3. The SMILES string of the molecule is CN=C(NCc1cc2ccccc2[nH]1)N(C)CCc1cccs1.I. The van der Waals surface area contributed by atoms with Crippen molar-refractivity contribution < 1.29 is 0 Å². The van der Waals surface area contributed by atoms with Crippen molar-refractivity contribution in [2.75, 3.05) is 20.6 Å². The topological polar surface area (TPSA) is 43.4 Å². The van der Waals surface area contributed by atoms with E-state index in [9.17, 15) is 0 Å². The number of aliphatic imine (C=N–C) groups is 1. The van der Waals surface area contributed by atoms with E-state index in [0.29, 0.717) is 0 Å². The van der Waals surface area contributed by atoms with E-state index in [0.717, 1.165) is 25.5 Å². The maximum atomic E-state index is 4.38. The molecular weight excluding hydrogens is 431 g/mol. The quantitative estimate of drug-likeness (QED) is 0.347. The predicted molar refractivity (Wildman–Crippen MR) is 115 cm³/mol. The summed E-state index contributed by atoms with van der Waals surface area (Å²) in [5.74, 6) is 0.917. The molecule has 0 aliphatic carbocycles. The molecule has 24 heavy (non-hydrogen) atoms. The summed E-state index contributed by atoms with van der Waals surface area (Å²) in [5, 5.41) is 6.79. The van der Waals surface area contributed by atoms with Gasteiger partial charge in [-0.3, -0.25) is 4.99 Å². The fraction of sp³-hybridized carbons (Fsp3) is 0.278. The van der Waals surface area contributed by atoms with Gasteiger partial charge in [-0.25, -0.2) is 0 Å². The number of halogens is 1. The summed E-state index contributed by atoms with van der Waals surface area (Å²) in [6.07, 6.45) is 1.04. The summed E-state index contributed by atoms with van der Waals surface area (Å²) in [7, 11) is 3.91. The van der Waals surface area contributed by atoms with Crippen molar-refractivity contribution in [1.82, 2.24) is 15.2 Å². The molecule has 2 heterocycles. The van der Waals surface area contributed by atoms with E-state index >= 15 is 0 Å². The first-order valence-corrected chi connectivity index (χ1v) is 8.65. The Morgan fingerprint density at radius 3 is 2.79 bits per heavy atom. The van der Waals surface area contributed by atoms with Gasteiger partial charge < -0.3 is 15.2 Å². The standard InChI is InChI=1S/C18H22N4S.HI/c1-19-18(22(2)10-9-16-7-5-11-23-16)20-13-15-12-14-6-3-4-8-17(14)21-15;/h3-8,11-12,21H,9-10,13H2,1-2H3,(H,19,20);1H. The van der Waals surface area contributed by atoms with Crippen LogP contribution in [-0.4, -0.2) is 36.5 Å². The number of thiophene rings is 1. The number of nitrogens with zero attached hydrogens (tertiary/aromatic N) is 2. The normalized spacial score (nSPS) is 11.3. The molecule has 2 aromatic heterocycles. The van der Waals surface area contributed by atoms with Crippen molar-refractivity contribution in [3.8, 4) is 0 Å². The van der Waals surface area contributed by atoms with Crippen LogP contribution >= 0.6 is 35.3 Å². The molecule has 0 saturated heterocycles. The molecule has 0 aliphatic heterocycles. The van der Waals surface area contributed by atoms with Crippen molar-refractivity contribution in [3.63, 3.8) is 0 Å². The third kappa shape index (κ3) is 4.73. The van der Waals surface area contributed by atoms with E-state index in [1.54, 1.807) is 11.3 Å². The Labute approximate surface area is 164 Å². The number of aromatic amines is 1. The molecule has 0 spiro atoms. The smallest absolute Gasteiger partial charge is 0.193 e. The van der Waals surface area contributed by atoms with Crippen LogP contribution in [0.2, 0.25) is 0 Å². The predicted octanol–water partition coefficient (Wildman–Crippen LogP) is 4.10. The monoisotopic (exact) mass is 454 g/mol. The summed E-state index contributed by atoms with van der Waals surface area (Å²) in [5.41, 5.74) is 2.34. The Hall–Kier alpha value is -1.54. The van der Waals surface area contributed by atoms with E-state index < -0.39 is 0 Å². The molecule has 0 unspecified atom stereocenters. The molecule has 3 aromatic rings. The highest BCUT2D eigenvalue weighted by molar-refractivity contribution is 14.0. The first kappa shape index (κ1) is 18.8.